The molecule has 7 nitrogen and oxygen atoms in total. The van der Waals surface area contributed by atoms with E-state index in [1.165, 1.54) is 0 Å². The molecule has 2 saturated heterocycles. The molecule has 2 N–H and O–H groups in total. The Kier molecular flexibility index (Phi) is 4.65. The van der Waals surface area contributed by atoms with E-state index in [1.807, 2.05) is 24.3 Å². The molecule has 136 valence electrons. The first-order chi connectivity index (χ1) is 12.6. The molecule has 2 aliphatic heterocycles. The standard InChI is InChI=1S/C18H20ClN5O2/c19-13-3-1-2-12(6-13)9-23-4-5-24-16(10-23)17(25)22-15(18(24)26)7-14-8-20-11-21-14/h1-3,6,8,11,15-16H,4-5,7,9-10H2,(H,20,21)(H,22,25)/t15-,16+/m0/s1. The number of nitrogens with zero attached hydrogens (tertiary/aromatic N) is 3. The minimum absolute atomic E-state index is 0.0217. The molecule has 4 rings (SSSR count). The van der Waals surface area contributed by atoms with E-state index >= 15 is 0 Å². The number of piperazine rings is 2. The Morgan fingerprint density at radius 2 is 2.15 bits per heavy atom. The molecule has 2 aliphatic rings. The van der Waals surface area contributed by atoms with Gasteiger partial charge in [-0.15, -0.1) is 0 Å². The van der Waals surface area contributed by atoms with Crippen LogP contribution in [-0.4, -0.2) is 63.3 Å². The van der Waals surface area contributed by atoms with E-state index in [2.05, 4.69) is 20.2 Å². The zero-order chi connectivity index (χ0) is 18.1. The number of aromatic nitrogens is 2. The summed E-state index contributed by atoms with van der Waals surface area (Å²) in [5.74, 6) is -0.114. The van der Waals surface area contributed by atoms with Crippen molar-refractivity contribution in [1.82, 2.24) is 25.1 Å². The van der Waals surface area contributed by atoms with Gasteiger partial charge in [-0.2, -0.15) is 0 Å². The average Bonchev–Trinajstić information content (AvgIpc) is 3.13. The van der Waals surface area contributed by atoms with Crippen molar-refractivity contribution in [3.05, 3.63) is 53.1 Å². The van der Waals surface area contributed by atoms with Crippen LogP contribution in [-0.2, 0) is 22.6 Å². The van der Waals surface area contributed by atoms with Gasteiger partial charge >= 0.3 is 0 Å². The summed E-state index contributed by atoms with van der Waals surface area (Å²) in [6.07, 6.45) is 3.68. The van der Waals surface area contributed by atoms with Gasteiger partial charge in [0.25, 0.3) is 0 Å². The van der Waals surface area contributed by atoms with E-state index in [-0.39, 0.29) is 11.8 Å². The Morgan fingerprint density at radius 1 is 1.27 bits per heavy atom. The molecule has 2 aromatic rings. The van der Waals surface area contributed by atoms with Gasteiger partial charge in [0.15, 0.2) is 0 Å². The van der Waals surface area contributed by atoms with Gasteiger partial charge in [-0.05, 0) is 17.7 Å². The predicted molar refractivity (Wildman–Crippen MR) is 96.5 cm³/mol. The molecule has 0 spiro atoms. The molecule has 3 heterocycles. The van der Waals surface area contributed by atoms with Crippen LogP contribution in [0.25, 0.3) is 0 Å². The molecule has 1 aromatic heterocycles. The molecule has 2 fully saturated rings. The van der Waals surface area contributed by atoms with E-state index in [4.69, 9.17) is 11.6 Å². The number of hydrogen-bond acceptors (Lipinski definition) is 4. The molecule has 0 unspecified atom stereocenters. The first kappa shape index (κ1) is 17.1. The predicted octanol–water partition coefficient (Wildman–Crippen LogP) is 0.817. The maximum absolute atomic E-state index is 12.8. The van der Waals surface area contributed by atoms with Crippen LogP contribution in [0.4, 0.5) is 0 Å². The molecule has 0 aliphatic carbocycles. The number of H-pyrrole nitrogens is 1. The lowest BCUT2D eigenvalue weighted by molar-refractivity contribution is -0.153. The van der Waals surface area contributed by atoms with E-state index in [0.29, 0.717) is 31.1 Å². The molecule has 0 saturated carbocycles. The van der Waals surface area contributed by atoms with Gasteiger partial charge in [0.05, 0.1) is 6.33 Å². The third-order valence-corrected chi connectivity index (χ3v) is 5.17. The minimum Gasteiger partial charge on any atom is -0.348 e. The Bertz CT molecular complexity index is 810. The lowest BCUT2D eigenvalue weighted by Gasteiger charge is -2.45. The number of carbonyl (C=O) groups excluding carboxylic acids is 2. The van der Waals surface area contributed by atoms with Crippen molar-refractivity contribution in [2.24, 2.45) is 0 Å². The highest BCUT2D eigenvalue weighted by Gasteiger charge is 2.43. The Hall–Kier alpha value is -2.38. The minimum atomic E-state index is -0.529. The maximum Gasteiger partial charge on any atom is 0.246 e. The van der Waals surface area contributed by atoms with Gasteiger partial charge in [0.2, 0.25) is 11.8 Å². The lowest BCUT2D eigenvalue weighted by Crippen LogP contribution is -2.69. The zero-order valence-electron chi connectivity index (χ0n) is 14.2. The second-order valence-electron chi connectivity index (χ2n) is 6.75. The molecule has 26 heavy (non-hydrogen) atoms. The van der Waals surface area contributed by atoms with Crippen LogP contribution in [0.2, 0.25) is 5.02 Å². The molecular formula is C18H20ClN5O2. The Labute approximate surface area is 156 Å². The SMILES string of the molecule is O=C1N[C@@H](Cc2cnc[nH]2)C(=O)N2CCN(Cc3cccc(Cl)c3)C[C@H]12. The summed E-state index contributed by atoms with van der Waals surface area (Å²) in [6, 6.07) is 6.75. The number of amides is 2. The van der Waals surface area contributed by atoms with E-state index in [0.717, 1.165) is 17.8 Å². The first-order valence-corrected chi connectivity index (χ1v) is 9.03. The van der Waals surface area contributed by atoms with Crippen molar-refractivity contribution < 1.29 is 9.59 Å². The Balaban J connectivity index is 1.42. The maximum atomic E-state index is 12.8. The summed E-state index contributed by atoms with van der Waals surface area (Å²) >= 11 is 6.05. The van der Waals surface area contributed by atoms with Crippen LogP contribution < -0.4 is 5.32 Å². The van der Waals surface area contributed by atoms with E-state index < -0.39 is 12.1 Å². The van der Waals surface area contributed by atoms with Crippen molar-refractivity contribution in [3.8, 4) is 0 Å². The number of halogens is 1. The molecular weight excluding hydrogens is 354 g/mol. The molecule has 1 aromatic carbocycles. The lowest BCUT2D eigenvalue weighted by atomic mass is 10.0. The quantitative estimate of drug-likeness (QED) is 0.831. The average molecular weight is 374 g/mol. The number of rotatable bonds is 4. The smallest absolute Gasteiger partial charge is 0.246 e. The number of fused-ring (bicyclic) bond motifs is 1. The number of benzene rings is 1. The van der Waals surface area contributed by atoms with E-state index in [9.17, 15) is 9.59 Å². The van der Waals surface area contributed by atoms with Crippen LogP contribution in [0.15, 0.2) is 36.8 Å². The molecule has 0 radical (unpaired) electrons. The summed E-state index contributed by atoms with van der Waals surface area (Å²) in [7, 11) is 0. The van der Waals surface area contributed by atoms with Crippen LogP contribution in [0.1, 0.15) is 11.3 Å². The monoisotopic (exact) mass is 373 g/mol. The number of aromatic amines is 1. The van der Waals surface area contributed by atoms with Gasteiger partial charge in [0, 0.05) is 49.5 Å². The van der Waals surface area contributed by atoms with Crippen molar-refractivity contribution >= 4 is 23.4 Å². The molecule has 0 bridgehead atoms. The Morgan fingerprint density at radius 3 is 2.92 bits per heavy atom. The fourth-order valence-corrected chi connectivity index (χ4v) is 3.86. The van der Waals surface area contributed by atoms with Gasteiger partial charge in [-0.1, -0.05) is 23.7 Å². The van der Waals surface area contributed by atoms with Crippen LogP contribution in [0, 0.1) is 0 Å². The highest BCUT2D eigenvalue weighted by molar-refractivity contribution is 6.30. The van der Waals surface area contributed by atoms with Crippen LogP contribution >= 0.6 is 11.6 Å². The number of carbonyl (C=O) groups is 2. The van der Waals surface area contributed by atoms with Crippen LogP contribution in [0.5, 0.6) is 0 Å². The van der Waals surface area contributed by atoms with Crippen molar-refractivity contribution in [1.29, 1.82) is 0 Å². The summed E-state index contributed by atoms with van der Waals surface area (Å²) in [6.45, 7) is 2.53. The second-order valence-corrected chi connectivity index (χ2v) is 7.19. The molecule has 2 amide bonds. The first-order valence-electron chi connectivity index (χ1n) is 8.65. The third-order valence-electron chi connectivity index (χ3n) is 4.94. The fraction of sp³-hybridized carbons (Fsp3) is 0.389. The largest absolute Gasteiger partial charge is 0.348 e. The molecule has 8 heteroatoms. The number of imidazole rings is 1. The number of hydrogen-bond donors (Lipinski definition) is 2. The molecule has 2 atom stereocenters. The van der Waals surface area contributed by atoms with Gasteiger partial charge in [0.1, 0.15) is 12.1 Å². The third kappa shape index (κ3) is 3.45. The fourth-order valence-electron chi connectivity index (χ4n) is 3.65. The van der Waals surface area contributed by atoms with Crippen molar-refractivity contribution in [2.45, 2.75) is 25.0 Å². The van der Waals surface area contributed by atoms with Crippen LogP contribution in [0.3, 0.4) is 0 Å². The number of nitrogens with one attached hydrogen (secondary N) is 2. The van der Waals surface area contributed by atoms with Gasteiger partial charge in [-0.3, -0.25) is 14.5 Å². The summed E-state index contributed by atoms with van der Waals surface area (Å²) in [5.41, 5.74) is 1.94. The summed E-state index contributed by atoms with van der Waals surface area (Å²) in [4.78, 5) is 36.2. The summed E-state index contributed by atoms with van der Waals surface area (Å²) < 4.78 is 0. The second kappa shape index (κ2) is 7.09. The van der Waals surface area contributed by atoms with E-state index in [1.54, 1.807) is 17.4 Å². The highest BCUT2D eigenvalue weighted by Crippen LogP contribution is 2.20. The van der Waals surface area contributed by atoms with Crippen molar-refractivity contribution in [2.75, 3.05) is 19.6 Å². The topological polar surface area (TPSA) is 81.3 Å². The van der Waals surface area contributed by atoms with Gasteiger partial charge in [-0.25, -0.2) is 4.98 Å². The van der Waals surface area contributed by atoms with Gasteiger partial charge < -0.3 is 15.2 Å². The highest BCUT2D eigenvalue weighted by atomic mass is 35.5. The summed E-state index contributed by atoms with van der Waals surface area (Å²) in [5, 5.41) is 3.57. The zero-order valence-corrected chi connectivity index (χ0v) is 14.9. The van der Waals surface area contributed by atoms with Crippen molar-refractivity contribution in [3.63, 3.8) is 0 Å². The normalized spacial score (nSPS) is 23.7.